The monoisotopic (exact) mass is 382 g/mol. The first-order valence-electron chi connectivity index (χ1n) is 6.32. The van der Waals surface area contributed by atoms with Gasteiger partial charge in [-0.2, -0.15) is 13.2 Å². The van der Waals surface area contributed by atoms with E-state index in [0.29, 0.717) is 26.2 Å². The summed E-state index contributed by atoms with van der Waals surface area (Å²) in [5, 5.41) is 2.83. The van der Waals surface area contributed by atoms with Gasteiger partial charge < -0.3 is 5.32 Å². The van der Waals surface area contributed by atoms with E-state index >= 15 is 0 Å². The number of alkyl halides is 3. The Labute approximate surface area is 144 Å². The smallest absolute Gasteiger partial charge is 0.314 e. The van der Waals surface area contributed by atoms with Gasteiger partial charge in [0.1, 0.15) is 5.82 Å². The maximum atomic E-state index is 14.1. The zero-order valence-corrected chi connectivity index (χ0v) is 14.1. The summed E-state index contributed by atoms with van der Waals surface area (Å²) in [5.74, 6) is -0.979. The van der Waals surface area contributed by atoms with Crippen LogP contribution in [0.15, 0.2) is 12.1 Å². The minimum absolute atomic E-state index is 0. The van der Waals surface area contributed by atoms with E-state index < -0.39 is 23.6 Å². The van der Waals surface area contributed by atoms with Gasteiger partial charge in [-0.1, -0.05) is 11.6 Å². The van der Waals surface area contributed by atoms with Crippen LogP contribution in [0.3, 0.4) is 0 Å². The van der Waals surface area contributed by atoms with Crippen molar-refractivity contribution in [1.82, 2.24) is 10.2 Å². The Hall–Kier alpha value is -0.270. The molecule has 2 nitrogen and oxygen atoms in total. The minimum Gasteiger partial charge on any atom is -0.314 e. The molecule has 128 valence electrons. The molecular formula is C13H17Cl3F4N2. The minimum atomic E-state index is -4.59. The lowest BCUT2D eigenvalue weighted by Gasteiger charge is -2.34. The van der Waals surface area contributed by atoms with Crippen LogP contribution >= 0.6 is 36.4 Å². The number of piperazine rings is 1. The zero-order chi connectivity index (χ0) is 14.9. The van der Waals surface area contributed by atoms with Crippen molar-refractivity contribution < 1.29 is 17.6 Å². The zero-order valence-electron chi connectivity index (χ0n) is 11.7. The van der Waals surface area contributed by atoms with Crippen molar-refractivity contribution in [1.29, 1.82) is 0 Å². The van der Waals surface area contributed by atoms with Gasteiger partial charge in [0.05, 0.1) is 10.6 Å². The van der Waals surface area contributed by atoms with Crippen LogP contribution in [0.25, 0.3) is 0 Å². The highest BCUT2D eigenvalue weighted by atomic mass is 35.5. The summed E-state index contributed by atoms with van der Waals surface area (Å²) in [6.07, 6.45) is -4.59. The maximum Gasteiger partial charge on any atom is 0.416 e. The third-order valence-corrected chi connectivity index (χ3v) is 3.85. The average Bonchev–Trinajstić information content (AvgIpc) is 2.40. The Bertz CT molecular complexity index is 491. The van der Waals surface area contributed by atoms with Gasteiger partial charge in [-0.05, 0) is 19.1 Å². The summed E-state index contributed by atoms with van der Waals surface area (Å²) >= 11 is 5.65. The van der Waals surface area contributed by atoms with E-state index in [1.54, 1.807) is 6.92 Å². The van der Waals surface area contributed by atoms with Crippen molar-refractivity contribution >= 4 is 36.4 Å². The Kier molecular flexibility index (Phi) is 8.44. The number of nitrogens with one attached hydrogen (secondary N) is 1. The highest BCUT2D eigenvalue weighted by Gasteiger charge is 2.38. The first-order valence-corrected chi connectivity index (χ1v) is 6.70. The molecule has 1 atom stereocenters. The molecule has 1 heterocycles. The molecule has 1 fully saturated rings. The molecule has 0 unspecified atom stereocenters. The van der Waals surface area contributed by atoms with E-state index in [-0.39, 0.29) is 35.4 Å². The van der Waals surface area contributed by atoms with Crippen LogP contribution in [0.5, 0.6) is 0 Å². The van der Waals surface area contributed by atoms with E-state index in [1.165, 1.54) is 0 Å². The van der Waals surface area contributed by atoms with E-state index in [4.69, 9.17) is 11.6 Å². The van der Waals surface area contributed by atoms with Crippen LogP contribution in [0.4, 0.5) is 17.6 Å². The van der Waals surface area contributed by atoms with Gasteiger partial charge in [-0.3, -0.25) is 4.90 Å². The number of hydrogen-bond acceptors (Lipinski definition) is 2. The van der Waals surface area contributed by atoms with E-state index in [0.717, 1.165) is 12.1 Å². The highest BCUT2D eigenvalue weighted by Crippen LogP contribution is 2.39. The fraction of sp³-hybridized carbons (Fsp3) is 0.538. The Balaban J connectivity index is 0.00000220. The molecule has 1 aliphatic rings. The summed E-state index contributed by atoms with van der Waals surface area (Å²) in [4.78, 5) is 1.82. The fourth-order valence-electron chi connectivity index (χ4n) is 2.47. The lowest BCUT2D eigenvalue weighted by molar-refractivity contribution is -0.139. The summed E-state index contributed by atoms with van der Waals surface area (Å²) in [6.45, 7) is 4.08. The molecule has 0 spiro atoms. The SMILES string of the molecule is C[C@H](c1c(C(F)(F)F)ccc(Cl)c1F)N1CCNCC1.Cl.Cl. The second kappa shape index (κ2) is 8.55. The van der Waals surface area contributed by atoms with Crippen LogP contribution in [0, 0.1) is 5.82 Å². The van der Waals surface area contributed by atoms with Crippen LogP contribution in [-0.4, -0.2) is 31.1 Å². The normalized spacial score (nSPS) is 17.4. The summed E-state index contributed by atoms with van der Waals surface area (Å²) in [6, 6.07) is 1.13. The molecule has 1 saturated heterocycles. The van der Waals surface area contributed by atoms with Gasteiger partial charge in [0.15, 0.2) is 0 Å². The fourth-order valence-corrected chi connectivity index (χ4v) is 2.64. The summed E-state index contributed by atoms with van der Waals surface area (Å²) < 4.78 is 53.3. The number of nitrogens with zero attached hydrogens (tertiary/aromatic N) is 1. The molecule has 0 amide bonds. The summed E-state index contributed by atoms with van der Waals surface area (Å²) in [7, 11) is 0. The van der Waals surface area contributed by atoms with Gasteiger partial charge in [0, 0.05) is 37.8 Å². The van der Waals surface area contributed by atoms with Crippen molar-refractivity contribution in [2.75, 3.05) is 26.2 Å². The van der Waals surface area contributed by atoms with Gasteiger partial charge in [0.2, 0.25) is 0 Å². The number of hydrogen-bond donors (Lipinski definition) is 1. The third kappa shape index (κ3) is 4.61. The summed E-state index contributed by atoms with van der Waals surface area (Å²) in [5.41, 5.74) is -1.32. The predicted octanol–water partition coefficient (Wildman–Crippen LogP) is 4.31. The van der Waals surface area contributed by atoms with E-state index in [9.17, 15) is 17.6 Å². The molecule has 0 bridgehead atoms. The van der Waals surface area contributed by atoms with E-state index in [1.807, 2.05) is 4.90 Å². The van der Waals surface area contributed by atoms with Gasteiger partial charge in [-0.25, -0.2) is 4.39 Å². The first-order chi connectivity index (χ1) is 9.32. The Morgan fingerprint density at radius 3 is 2.23 bits per heavy atom. The quantitative estimate of drug-likeness (QED) is 0.766. The van der Waals surface area contributed by atoms with Crippen molar-refractivity contribution in [3.05, 3.63) is 34.1 Å². The second-order valence-corrected chi connectivity index (χ2v) is 5.19. The molecule has 0 radical (unpaired) electrons. The number of benzene rings is 1. The van der Waals surface area contributed by atoms with Gasteiger partial charge >= 0.3 is 6.18 Å². The van der Waals surface area contributed by atoms with E-state index in [2.05, 4.69) is 5.32 Å². The Morgan fingerprint density at radius 2 is 1.73 bits per heavy atom. The first kappa shape index (κ1) is 21.7. The lowest BCUT2D eigenvalue weighted by atomic mass is 9.98. The van der Waals surface area contributed by atoms with Gasteiger partial charge in [-0.15, -0.1) is 24.8 Å². The molecule has 1 aromatic rings. The van der Waals surface area contributed by atoms with Crippen LogP contribution in [0.2, 0.25) is 5.02 Å². The van der Waals surface area contributed by atoms with Crippen molar-refractivity contribution in [3.63, 3.8) is 0 Å². The Morgan fingerprint density at radius 1 is 1.18 bits per heavy atom. The highest BCUT2D eigenvalue weighted by molar-refractivity contribution is 6.30. The molecule has 1 aromatic carbocycles. The molecule has 1 N–H and O–H groups in total. The van der Waals surface area contributed by atoms with Crippen molar-refractivity contribution in [3.8, 4) is 0 Å². The number of halogens is 7. The van der Waals surface area contributed by atoms with Crippen molar-refractivity contribution in [2.45, 2.75) is 19.1 Å². The molecule has 1 aliphatic heterocycles. The molecule has 0 saturated carbocycles. The van der Waals surface area contributed by atoms with Crippen LogP contribution in [-0.2, 0) is 6.18 Å². The molecule has 22 heavy (non-hydrogen) atoms. The third-order valence-electron chi connectivity index (χ3n) is 3.56. The van der Waals surface area contributed by atoms with Crippen LogP contribution in [0.1, 0.15) is 24.1 Å². The molecule has 2 rings (SSSR count). The average molecular weight is 384 g/mol. The molecule has 9 heteroatoms. The molecule has 0 aromatic heterocycles. The number of rotatable bonds is 2. The molecular weight excluding hydrogens is 367 g/mol. The predicted molar refractivity (Wildman–Crippen MR) is 83.8 cm³/mol. The lowest BCUT2D eigenvalue weighted by Crippen LogP contribution is -2.45. The standard InChI is InChI=1S/C13H15ClF4N2.2ClH/c1-8(20-6-4-19-5-7-20)11-9(13(16,17)18)2-3-10(14)12(11)15;;/h2-3,8,19H,4-7H2,1H3;2*1H/t8-;;/m1../s1. The van der Waals surface area contributed by atoms with Crippen LogP contribution < -0.4 is 5.32 Å². The second-order valence-electron chi connectivity index (χ2n) is 4.78. The topological polar surface area (TPSA) is 15.3 Å². The maximum absolute atomic E-state index is 14.1. The molecule has 0 aliphatic carbocycles. The van der Waals surface area contributed by atoms with Gasteiger partial charge in [0.25, 0.3) is 0 Å². The van der Waals surface area contributed by atoms with Crippen molar-refractivity contribution in [2.24, 2.45) is 0 Å². The largest absolute Gasteiger partial charge is 0.416 e.